The van der Waals surface area contributed by atoms with Crippen molar-refractivity contribution in [3.05, 3.63) is 0 Å². The van der Waals surface area contributed by atoms with E-state index in [9.17, 15) is 0 Å². The van der Waals surface area contributed by atoms with Crippen LogP contribution in [0.4, 0.5) is 0 Å². The molecule has 0 radical (unpaired) electrons. The lowest BCUT2D eigenvalue weighted by Crippen LogP contribution is -2.77. The number of piperazine rings is 2. The van der Waals surface area contributed by atoms with E-state index in [0.29, 0.717) is 12.3 Å². The largest absolute Gasteiger partial charge is 0.311 e. The minimum atomic E-state index is 0.619. The number of hydrogen-bond acceptors (Lipinski definition) is 3. The lowest BCUT2D eigenvalue weighted by Gasteiger charge is -2.52. The number of hydrogen-bond donors (Lipinski definition) is 2. The summed E-state index contributed by atoms with van der Waals surface area (Å²) in [4.78, 5) is 2.36. The molecule has 3 nitrogen and oxygen atoms in total. The van der Waals surface area contributed by atoms with Crippen molar-refractivity contribution >= 4 is 0 Å². The van der Waals surface area contributed by atoms with Crippen molar-refractivity contribution in [2.24, 2.45) is 0 Å². The van der Waals surface area contributed by atoms with Crippen LogP contribution < -0.4 is 10.6 Å². The van der Waals surface area contributed by atoms with E-state index in [1.54, 1.807) is 0 Å². The molecule has 3 heteroatoms. The molecule has 0 spiro atoms. The Balaban J connectivity index is 2.03. The first-order valence-corrected chi connectivity index (χ1v) is 3.06. The van der Waals surface area contributed by atoms with Gasteiger partial charge in [-0.15, -0.1) is 0 Å². The van der Waals surface area contributed by atoms with Gasteiger partial charge in [0, 0.05) is 13.1 Å². The molecule has 3 aliphatic rings. The molecule has 3 aliphatic heterocycles. The van der Waals surface area contributed by atoms with Gasteiger partial charge in [-0.2, -0.15) is 0 Å². The van der Waals surface area contributed by atoms with Gasteiger partial charge in [0.25, 0.3) is 0 Å². The summed E-state index contributed by atoms with van der Waals surface area (Å²) in [6, 6.07) is 0. The second kappa shape index (κ2) is 1.43. The van der Waals surface area contributed by atoms with E-state index in [2.05, 4.69) is 22.6 Å². The lowest BCUT2D eigenvalue weighted by atomic mass is 10.1. The number of nitrogens with one attached hydrogen (secondary N) is 2. The van der Waals surface area contributed by atoms with Crippen LogP contribution in [0.2, 0.25) is 0 Å². The van der Waals surface area contributed by atoms with Gasteiger partial charge >= 0.3 is 0 Å². The van der Waals surface area contributed by atoms with Crippen molar-refractivity contribution in [2.75, 3.05) is 20.1 Å². The Morgan fingerprint density at radius 3 is 2.25 bits per heavy atom. The van der Waals surface area contributed by atoms with E-state index < -0.39 is 0 Å². The average Bonchev–Trinajstić information content (AvgIpc) is 1.89. The smallest absolute Gasteiger partial charge is 0.0748 e. The molecule has 2 unspecified atom stereocenters. The van der Waals surface area contributed by atoms with Crippen LogP contribution in [0, 0.1) is 0 Å². The fourth-order valence-corrected chi connectivity index (χ4v) is 1.35. The maximum atomic E-state index is 3.39. The predicted molar refractivity (Wildman–Crippen MR) is 31.3 cm³/mol. The highest BCUT2D eigenvalue weighted by Crippen LogP contribution is 2.12. The molecule has 2 N–H and O–H groups in total. The first kappa shape index (κ1) is 4.73. The van der Waals surface area contributed by atoms with Gasteiger partial charge in [-0.1, -0.05) is 0 Å². The van der Waals surface area contributed by atoms with Crippen LogP contribution >= 0.6 is 0 Å². The van der Waals surface area contributed by atoms with Gasteiger partial charge in [0.05, 0.1) is 12.3 Å². The topological polar surface area (TPSA) is 27.3 Å². The van der Waals surface area contributed by atoms with Crippen molar-refractivity contribution in [2.45, 2.75) is 12.3 Å². The summed E-state index contributed by atoms with van der Waals surface area (Å²) in [5.41, 5.74) is 0. The number of fused-ring (bicyclic) bond motifs is 2. The third kappa shape index (κ3) is 0.438. The summed E-state index contributed by atoms with van der Waals surface area (Å²) in [5.74, 6) is 0. The molecular formula is C5H11N3. The average molecular weight is 113 g/mol. The van der Waals surface area contributed by atoms with Crippen molar-refractivity contribution < 1.29 is 0 Å². The standard InChI is InChI=1S/C5H11N3/c1-8-4-2-6-3-5(8)7-4/h4-7H,2-3H2,1H3. The minimum Gasteiger partial charge on any atom is -0.311 e. The maximum Gasteiger partial charge on any atom is 0.0748 e. The molecular weight excluding hydrogens is 102 g/mol. The molecule has 0 aromatic rings. The third-order valence-corrected chi connectivity index (χ3v) is 2.04. The van der Waals surface area contributed by atoms with Crippen LogP contribution in [-0.2, 0) is 0 Å². The monoisotopic (exact) mass is 113 g/mol. The Bertz CT molecular complexity index is 89.8. The highest BCUT2D eigenvalue weighted by atomic mass is 15.5. The molecule has 2 atom stereocenters. The van der Waals surface area contributed by atoms with Crippen molar-refractivity contribution in [1.82, 2.24) is 15.5 Å². The third-order valence-electron chi connectivity index (χ3n) is 2.04. The van der Waals surface area contributed by atoms with E-state index in [0.717, 1.165) is 13.1 Å². The van der Waals surface area contributed by atoms with Crippen LogP contribution in [0.1, 0.15) is 0 Å². The van der Waals surface area contributed by atoms with Crippen LogP contribution in [0.15, 0.2) is 0 Å². The highest BCUT2D eigenvalue weighted by Gasteiger charge is 2.37. The maximum absolute atomic E-state index is 3.39. The second-order valence-corrected chi connectivity index (χ2v) is 2.52. The summed E-state index contributed by atoms with van der Waals surface area (Å²) in [6.07, 6.45) is 1.24. The van der Waals surface area contributed by atoms with Gasteiger partial charge in [-0.25, -0.2) is 0 Å². The molecule has 3 fully saturated rings. The summed E-state index contributed by atoms with van der Waals surface area (Å²) in [5, 5.41) is 6.70. The SMILES string of the molecule is CN1C2CNCC1N2. The summed E-state index contributed by atoms with van der Waals surface area (Å²) < 4.78 is 0. The predicted octanol–water partition coefficient (Wildman–Crippen LogP) is -1.22. The molecule has 0 aromatic heterocycles. The van der Waals surface area contributed by atoms with Crippen LogP contribution in [-0.4, -0.2) is 37.4 Å². The van der Waals surface area contributed by atoms with Crippen LogP contribution in [0.25, 0.3) is 0 Å². The van der Waals surface area contributed by atoms with Gasteiger partial charge < -0.3 is 5.32 Å². The molecule has 0 saturated carbocycles. The van der Waals surface area contributed by atoms with Gasteiger partial charge in [0.1, 0.15) is 0 Å². The quantitative estimate of drug-likeness (QED) is 0.412. The Hall–Kier alpha value is -0.120. The van der Waals surface area contributed by atoms with Gasteiger partial charge in [-0.3, -0.25) is 10.2 Å². The first-order chi connectivity index (χ1) is 3.88. The zero-order valence-corrected chi connectivity index (χ0v) is 5.02. The highest BCUT2D eigenvalue weighted by molar-refractivity contribution is 4.92. The molecule has 46 valence electrons. The Morgan fingerprint density at radius 2 is 2.00 bits per heavy atom. The van der Waals surface area contributed by atoms with E-state index in [1.165, 1.54) is 0 Å². The van der Waals surface area contributed by atoms with Gasteiger partial charge in [-0.05, 0) is 7.05 Å². The van der Waals surface area contributed by atoms with Crippen LogP contribution in [0.5, 0.6) is 0 Å². The van der Waals surface area contributed by atoms with Crippen molar-refractivity contribution in [3.63, 3.8) is 0 Å². The Morgan fingerprint density at radius 1 is 1.38 bits per heavy atom. The fourth-order valence-electron chi connectivity index (χ4n) is 1.35. The molecule has 2 bridgehead atoms. The molecule has 3 heterocycles. The molecule has 0 aromatic carbocycles. The Kier molecular flexibility index (Phi) is 0.848. The second-order valence-electron chi connectivity index (χ2n) is 2.52. The zero-order chi connectivity index (χ0) is 5.56. The van der Waals surface area contributed by atoms with E-state index in [-0.39, 0.29) is 0 Å². The lowest BCUT2D eigenvalue weighted by molar-refractivity contribution is -0.0304. The normalized spacial score (nSPS) is 46.1. The number of nitrogens with zero attached hydrogens (tertiary/aromatic N) is 1. The summed E-state index contributed by atoms with van der Waals surface area (Å²) >= 11 is 0. The van der Waals surface area contributed by atoms with Crippen LogP contribution in [0.3, 0.4) is 0 Å². The Labute approximate surface area is 49.0 Å². The van der Waals surface area contributed by atoms with Crippen molar-refractivity contribution in [1.29, 1.82) is 0 Å². The summed E-state index contributed by atoms with van der Waals surface area (Å²) in [7, 11) is 2.16. The number of rotatable bonds is 0. The van der Waals surface area contributed by atoms with Gasteiger partial charge in [0.2, 0.25) is 0 Å². The molecule has 3 rings (SSSR count). The van der Waals surface area contributed by atoms with Gasteiger partial charge in [0.15, 0.2) is 0 Å². The molecule has 8 heavy (non-hydrogen) atoms. The van der Waals surface area contributed by atoms with E-state index in [1.807, 2.05) is 0 Å². The zero-order valence-electron chi connectivity index (χ0n) is 5.02. The molecule has 3 saturated heterocycles. The minimum absolute atomic E-state index is 0.619. The van der Waals surface area contributed by atoms with E-state index >= 15 is 0 Å². The first-order valence-electron chi connectivity index (χ1n) is 3.06. The fraction of sp³-hybridized carbons (Fsp3) is 1.00. The van der Waals surface area contributed by atoms with E-state index in [4.69, 9.17) is 0 Å². The number of likely N-dealkylation sites (N-methyl/N-ethyl adjacent to an activating group) is 1. The van der Waals surface area contributed by atoms with Crippen molar-refractivity contribution in [3.8, 4) is 0 Å². The molecule has 0 aliphatic carbocycles. The summed E-state index contributed by atoms with van der Waals surface area (Å²) in [6.45, 7) is 2.21. The molecule has 0 amide bonds.